The SMILES string of the molecule is COc1ccc(CCNCCc2ccc(NC(C)C)cc2)cc1. The van der Waals surface area contributed by atoms with Gasteiger partial charge in [-0.3, -0.25) is 0 Å². The third-order valence-corrected chi connectivity index (χ3v) is 3.75. The van der Waals surface area contributed by atoms with Crippen LogP contribution in [0.5, 0.6) is 5.75 Å². The molecule has 2 aromatic rings. The molecule has 124 valence electrons. The second kappa shape index (κ2) is 9.21. The maximum atomic E-state index is 5.17. The lowest BCUT2D eigenvalue weighted by atomic mass is 10.1. The number of ether oxygens (including phenoxy) is 1. The van der Waals surface area contributed by atoms with Crippen LogP contribution in [-0.2, 0) is 12.8 Å². The van der Waals surface area contributed by atoms with Gasteiger partial charge in [-0.2, -0.15) is 0 Å². The highest BCUT2D eigenvalue weighted by molar-refractivity contribution is 5.45. The van der Waals surface area contributed by atoms with Crippen molar-refractivity contribution in [2.24, 2.45) is 0 Å². The molecule has 0 aliphatic heterocycles. The highest BCUT2D eigenvalue weighted by Crippen LogP contribution is 2.12. The van der Waals surface area contributed by atoms with E-state index in [0.29, 0.717) is 6.04 Å². The van der Waals surface area contributed by atoms with Gasteiger partial charge >= 0.3 is 0 Å². The first-order valence-electron chi connectivity index (χ1n) is 8.36. The smallest absolute Gasteiger partial charge is 0.118 e. The number of rotatable bonds is 9. The van der Waals surface area contributed by atoms with E-state index in [0.717, 1.165) is 31.7 Å². The summed E-state index contributed by atoms with van der Waals surface area (Å²) in [4.78, 5) is 0. The minimum Gasteiger partial charge on any atom is -0.497 e. The lowest BCUT2D eigenvalue weighted by molar-refractivity contribution is 0.414. The zero-order valence-electron chi connectivity index (χ0n) is 14.4. The molecule has 2 rings (SSSR count). The van der Waals surface area contributed by atoms with Crippen molar-refractivity contribution >= 4 is 5.69 Å². The largest absolute Gasteiger partial charge is 0.497 e. The zero-order valence-corrected chi connectivity index (χ0v) is 14.4. The number of anilines is 1. The molecule has 0 fully saturated rings. The average molecular weight is 312 g/mol. The van der Waals surface area contributed by atoms with Gasteiger partial charge in [0.1, 0.15) is 5.75 Å². The fraction of sp³-hybridized carbons (Fsp3) is 0.400. The summed E-state index contributed by atoms with van der Waals surface area (Å²) in [5, 5.41) is 6.92. The van der Waals surface area contributed by atoms with Crippen LogP contribution in [-0.4, -0.2) is 26.2 Å². The van der Waals surface area contributed by atoms with Crippen LogP contribution in [0.25, 0.3) is 0 Å². The first kappa shape index (κ1) is 17.4. The molecule has 2 aromatic carbocycles. The van der Waals surface area contributed by atoms with Crippen LogP contribution in [0.2, 0.25) is 0 Å². The second-order valence-electron chi connectivity index (χ2n) is 6.09. The number of benzene rings is 2. The molecule has 0 unspecified atom stereocenters. The molecular formula is C20H28N2O. The Morgan fingerprint density at radius 3 is 1.83 bits per heavy atom. The Hall–Kier alpha value is -2.00. The van der Waals surface area contributed by atoms with E-state index in [2.05, 4.69) is 60.9 Å². The number of nitrogens with one attached hydrogen (secondary N) is 2. The van der Waals surface area contributed by atoms with Crippen molar-refractivity contribution in [1.82, 2.24) is 5.32 Å². The summed E-state index contributed by atoms with van der Waals surface area (Å²) in [6.07, 6.45) is 2.10. The Kier molecular flexibility index (Phi) is 6.95. The second-order valence-corrected chi connectivity index (χ2v) is 6.09. The summed E-state index contributed by atoms with van der Waals surface area (Å²) < 4.78 is 5.17. The van der Waals surface area contributed by atoms with Crippen LogP contribution in [0.1, 0.15) is 25.0 Å². The highest BCUT2D eigenvalue weighted by atomic mass is 16.5. The Labute approximate surface area is 140 Å². The van der Waals surface area contributed by atoms with Crippen molar-refractivity contribution in [2.45, 2.75) is 32.7 Å². The van der Waals surface area contributed by atoms with E-state index in [9.17, 15) is 0 Å². The molecule has 0 aromatic heterocycles. The Balaban J connectivity index is 1.64. The van der Waals surface area contributed by atoms with Crippen LogP contribution in [0.3, 0.4) is 0 Å². The molecule has 3 heteroatoms. The Bertz CT molecular complexity index is 561. The monoisotopic (exact) mass is 312 g/mol. The first-order valence-corrected chi connectivity index (χ1v) is 8.36. The van der Waals surface area contributed by atoms with Crippen LogP contribution >= 0.6 is 0 Å². The fourth-order valence-corrected chi connectivity index (χ4v) is 2.48. The number of hydrogen-bond acceptors (Lipinski definition) is 3. The van der Waals surface area contributed by atoms with Crippen molar-refractivity contribution in [3.05, 3.63) is 59.7 Å². The molecule has 2 N–H and O–H groups in total. The Morgan fingerprint density at radius 1 is 0.826 bits per heavy atom. The Morgan fingerprint density at radius 2 is 1.35 bits per heavy atom. The molecule has 3 nitrogen and oxygen atoms in total. The van der Waals surface area contributed by atoms with Gasteiger partial charge in [-0.25, -0.2) is 0 Å². The molecule has 0 bridgehead atoms. The lowest BCUT2D eigenvalue weighted by Gasteiger charge is -2.10. The number of methoxy groups -OCH3 is 1. The minimum absolute atomic E-state index is 0.473. The van der Waals surface area contributed by atoms with E-state index < -0.39 is 0 Å². The van der Waals surface area contributed by atoms with Gasteiger partial charge < -0.3 is 15.4 Å². The van der Waals surface area contributed by atoms with Crippen molar-refractivity contribution < 1.29 is 4.74 Å². The van der Waals surface area contributed by atoms with Crippen molar-refractivity contribution in [1.29, 1.82) is 0 Å². The van der Waals surface area contributed by atoms with E-state index in [1.54, 1.807) is 7.11 Å². The van der Waals surface area contributed by atoms with Gasteiger partial charge in [0.2, 0.25) is 0 Å². The molecule has 0 atom stereocenters. The third kappa shape index (κ3) is 6.33. The fourth-order valence-electron chi connectivity index (χ4n) is 2.48. The van der Waals surface area contributed by atoms with Crippen LogP contribution in [0.15, 0.2) is 48.5 Å². The van der Waals surface area contributed by atoms with E-state index >= 15 is 0 Å². The standard InChI is InChI=1S/C20H28N2O/c1-16(2)22-19-8-4-17(5-9-19)12-14-21-15-13-18-6-10-20(23-3)11-7-18/h4-11,16,21-22H,12-15H2,1-3H3. The molecule has 0 aliphatic rings. The summed E-state index contributed by atoms with van der Waals surface area (Å²) in [6.45, 7) is 6.31. The maximum absolute atomic E-state index is 5.17. The van der Waals surface area contributed by atoms with Crippen molar-refractivity contribution in [3.63, 3.8) is 0 Å². The first-order chi connectivity index (χ1) is 11.2. The van der Waals surface area contributed by atoms with E-state index in [4.69, 9.17) is 4.74 Å². The molecule has 0 aliphatic carbocycles. The molecule has 0 spiro atoms. The van der Waals surface area contributed by atoms with E-state index in [1.165, 1.54) is 16.8 Å². The molecule has 23 heavy (non-hydrogen) atoms. The van der Waals surface area contributed by atoms with Crippen LogP contribution in [0.4, 0.5) is 5.69 Å². The van der Waals surface area contributed by atoms with Gasteiger partial charge in [0, 0.05) is 11.7 Å². The molecule has 0 amide bonds. The van der Waals surface area contributed by atoms with Crippen LogP contribution in [0, 0.1) is 0 Å². The predicted octanol–water partition coefficient (Wildman–Crippen LogP) is 3.89. The summed E-state index contributed by atoms with van der Waals surface area (Å²) >= 11 is 0. The lowest BCUT2D eigenvalue weighted by Crippen LogP contribution is -2.20. The van der Waals surface area contributed by atoms with Gasteiger partial charge in [-0.05, 0) is 75.2 Å². The van der Waals surface area contributed by atoms with Gasteiger partial charge in [0.15, 0.2) is 0 Å². The summed E-state index contributed by atoms with van der Waals surface area (Å²) in [5.41, 5.74) is 3.90. The van der Waals surface area contributed by atoms with Gasteiger partial charge in [-0.1, -0.05) is 24.3 Å². The van der Waals surface area contributed by atoms with Crippen molar-refractivity contribution in [3.8, 4) is 5.75 Å². The van der Waals surface area contributed by atoms with Crippen LogP contribution < -0.4 is 15.4 Å². The van der Waals surface area contributed by atoms with E-state index in [1.807, 2.05) is 12.1 Å². The third-order valence-electron chi connectivity index (χ3n) is 3.75. The minimum atomic E-state index is 0.473. The van der Waals surface area contributed by atoms with E-state index in [-0.39, 0.29) is 0 Å². The zero-order chi connectivity index (χ0) is 16.5. The normalized spacial score (nSPS) is 10.8. The van der Waals surface area contributed by atoms with Gasteiger partial charge in [0.05, 0.1) is 7.11 Å². The number of hydrogen-bond donors (Lipinski definition) is 2. The summed E-state index contributed by atoms with van der Waals surface area (Å²) in [7, 11) is 1.70. The van der Waals surface area contributed by atoms with Gasteiger partial charge in [0.25, 0.3) is 0 Å². The molecule has 0 heterocycles. The maximum Gasteiger partial charge on any atom is 0.118 e. The average Bonchev–Trinajstić information content (AvgIpc) is 2.56. The molecule has 0 saturated heterocycles. The molecule has 0 saturated carbocycles. The van der Waals surface area contributed by atoms with Gasteiger partial charge in [-0.15, -0.1) is 0 Å². The summed E-state index contributed by atoms with van der Waals surface area (Å²) in [6, 6.07) is 17.5. The summed E-state index contributed by atoms with van der Waals surface area (Å²) in [5.74, 6) is 0.914. The molecule has 0 radical (unpaired) electrons. The highest BCUT2D eigenvalue weighted by Gasteiger charge is 1.98. The topological polar surface area (TPSA) is 33.3 Å². The quantitative estimate of drug-likeness (QED) is 0.689. The van der Waals surface area contributed by atoms with Crippen molar-refractivity contribution in [2.75, 3.05) is 25.5 Å². The molecular weight excluding hydrogens is 284 g/mol. The predicted molar refractivity (Wildman–Crippen MR) is 98.5 cm³/mol.